The highest BCUT2D eigenvalue weighted by Crippen LogP contribution is 2.11. The minimum Gasteiger partial charge on any atom is -0.394 e. The molecule has 1 heterocycles. The summed E-state index contributed by atoms with van der Waals surface area (Å²) in [6.45, 7) is 7.51. The second kappa shape index (κ2) is 24.9. The summed E-state index contributed by atoms with van der Waals surface area (Å²) in [7, 11) is 0. The van der Waals surface area contributed by atoms with Crippen LogP contribution in [0.5, 0.6) is 0 Å². The Kier molecular flexibility index (Phi) is 24.8. The van der Waals surface area contributed by atoms with E-state index in [1.807, 2.05) is 0 Å². The monoisotopic (exact) mass is 400 g/mol. The molecule has 1 unspecified atom stereocenters. The Balaban J connectivity index is 0.00000125. The highest BCUT2D eigenvalue weighted by Gasteiger charge is 2.19. The first-order valence-corrected chi connectivity index (χ1v) is 12.6. The number of rotatable bonds is 21. The van der Waals surface area contributed by atoms with Gasteiger partial charge in [0.2, 0.25) is 0 Å². The molecule has 0 bridgehead atoms. The Morgan fingerprint density at radius 3 is 1.18 bits per heavy atom. The van der Waals surface area contributed by atoms with Gasteiger partial charge in [-0.25, -0.2) is 0 Å². The molecule has 1 fully saturated rings. The summed E-state index contributed by atoms with van der Waals surface area (Å²) >= 11 is 0. The molecule has 0 saturated carbocycles. The van der Waals surface area contributed by atoms with Crippen LogP contribution in [0, 0.1) is 0 Å². The molecule has 1 atom stereocenters. The van der Waals surface area contributed by atoms with E-state index in [9.17, 15) is 0 Å². The molecule has 1 N–H and O–H groups in total. The third-order valence-electron chi connectivity index (χ3n) is 5.39. The summed E-state index contributed by atoms with van der Waals surface area (Å²) in [5, 5.41) is 8.08. The Morgan fingerprint density at radius 2 is 0.929 bits per heavy atom. The van der Waals surface area contributed by atoms with E-state index in [2.05, 4.69) is 18.6 Å². The van der Waals surface area contributed by atoms with E-state index in [1.165, 1.54) is 116 Å². The number of ether oxygens (including phenoxy) is 2. The lowest BCUT2D eigenvalue weighted by Gasteiger charge is -2.05. The van der Waals surface area contributed by atoms with E-state index in [4.69, 9.17) is 9.84 Å². The number of hydrogen-bond donors (Lipinski definition) is 1. The summed E-state index contributed by atoms with van der Waals surface area (Å²) in [5.74, 6) is 0. The first-order valence-electron chi connectivity index (χ1n) is 12.6. The molecule has 0 aromatic carbocycles. The molecule has 1 saturated heterocycles. The quantitative estimate of drug-likeness (QED) is 0.161. The van der Waals surface area contributed by atoms with Crippen LogP contribution in [0.3, 0.4) is 0 Å². The fraction of sp³-hybridized carbons (Fsp3) is 1.00. The number of aliphatic hydroxyl groups excluding tert-OH is 1. The lowest BCUT2D eigenvalue weighted by molar-refractivity contribution is 0.125. The van der Waals surface area contributed by atoms with Crippen molar-refractivity contribution in [2.75, 3.05) is 26.4 Å². The zero-order chi connectivity index (χ0) is 20.5. The molecule has 1 aliphatic heterocycles. The zero-order valence-corrected chi connectivity index (χ0v) is 19.4. The van der Waals surface area contributed by atoms with Gasteiger partial charge in [0.25, 0.3) is 0 Å². The normalized spacial score (nSPS) is 15.3. The van der Waals surface area contributed by atoms with Gasteiger partial charge in [-0.2, -0.15) is 0 Å². The van der Waals surface area contributed by atoms with Crippen LogP contribution < -0.4 is 0 Å². The van der Waals surface area contributed by atoms with Crippen LogP contribution >= 0.6 is 0 Å². The van der Waals surface area contributed by atoms with Gasteiger partial charge in [-0.3, -0.25) is 0 Å². The van der Waals surface area contributed by atoms with Crippen molar-refractivity contribution in [1.29, 1.82) is 0 Å². The molecule has 3 heteroatoms. The van der Waals surface area contributed by atoms with Gasteiger partial charge in [0.1, 0.15) is 6.10 Å². The molecule has 0 spiro atoms. The van der Waals surface area contributed by atoms with Gasteiger partial charge in [0, 0.05) is 13.2 Å². The summed E-state index contributed by atoms with van der Waals surface area (Å²) in [5.41, 5.74) is 0. The van der Waals surface area contributed by atoms with Gasteiger partial charge in [-0.1, -0.05) is 117 Å². The van der Waals surface area contributed by atoms with E-state index in [0.717, 1.165) is 19.8 Å². The molecule has 170 valence electrons. The van der Waals surface area contributed by atoms with Gasteiger partial charge in [0.15, 0.2) is 0 Å². The molecule has 28 heavy (non-hydrogen) atoms. The van der Waals surface area contributed by atoms with Crippen molar-refractivity contribution in [1.82, 2.24) is 0 Å². The number of aliphatic hydroxyl groups is 1. The van der Waals surface area contributed by atoms with Gasteiger partial charge in [-0.05, 0) is 12.8 Å². The smallest absolute Gasteiger partial charge is 0.104 e. The Labute approximate surface area is 177 Å². The van der Waals surface area contributed by atoms with E-state index >= 15 is 0 Å². The second-order valence-corrected chi connectivity index (χ2v) is 8.41. The largest absolute Gasteiger partial charge is 0.394 e. The molecular formula is C25H52O3. The van der Waals surface area contributed by atoms with Gasteiger partial charge in [0.05, 0.1) is 13.2 Å². The Hall–Kier alpha value is -0.120. The van der Waals surface area contributed by atoms with Crippen LogP contribution in [0.15, 0.2) is 0 Å². The standard InChI is InChI=1S/C22H46O.C3H6O2/c1-3-5-7-9-11-13-15-17-19-21-23-22-20-18-16-14-12-10-8-6-4-2;4-1-3-2-5-3/h3-22H2,1-2H3;3-4H,1-2H2. The van der Waals surface area contributed by atoms with Crippen LogP contribution in [-0.2, 0) is 9.47 Å². The molecule has 0 aromatic rings. The van der Waals surface area contributed by atoms with Crippen molar-refractivity contribution in [3.05, 3.63) is 0 Å². The number of hydrogen-bond acceptors (Lipinski definition) is 3. The molecule has 1 aliphatic rings. The summed E-state index contributed by atoms with van der Waals surface area (Å²) < 4.78 is 10.4. The third-order valence-corrected chi connectivity index (χ3v) is 5.39. The highest BCUT2D eigenvalue weighted by molar-refractivity contribution is 4.65. The van der Waals surface area contributed by atoms with Crippen LogP contribution in [0.1, 0.15) is 129 Å². The highest BCUT2D eigenvalue weighted by atomic mass is 16.6. The van der Waals surface area contributed by atoms with Crippen LogP contribution in [0.2, 0.25) is 0 Å². The zero-order valence-electron chi connectivity index (χ0n) is 19.4. The maximum absolute atomic E-state index is 8.08. The topological polar surface area (TPSA) is 42.0 Å². The first-order chi connectivity index (χ1) is 13.8. The fourth-order valence-corrected chi connectivity index (χ4v) is 3.31. The summed E-state index contributed by atoms with van der Waals surface area (Å²) in [6.07, 6.45) is 25.4. The second-order valence-electron chi connectivity index (χ2n) is 8.41. The number of epoxide rings is 1. The Morgan fingerprint density at radius 1 is 0.607 bits per heavy atom. The maximum Gasteiger partial charge on any atom is 0.104 e. The molecular weight excluding hydrogens is 348 g/mol. The van der Waals surface area contributed by atoms with Gasteiger partial charge >= 0.3 is 0 Å². The van der Waals surface area contributed by atoms with Gasteiger partial charge in [-0.15, -0.1) is 0 Å². The lowest BCUT2D eigenvalue weighted by atomic mass is 10.1. The summed E-state index contributed by atoms with van der Waals surface area (Å²) in [4.78, 5) is 0. The van der Waals surface area contributed by atoms with E-state index in [0.29, 0.717) is 0 Å². The maximum atomic E-state index is 8.08. The molecule has 1 rings (SSSR count). The predicted octanol–water partition coefficient (Wildman–Crippen LogP) is 7.44. The Bertz CT molecular complexity index is 247. The van der Waals surface area contributed by atoms with Crippen molar-refractivity contribution in [3.8, 4) is 0 Å². The van der Waals surface area contributed by atoms with Crippen LogP contribution in [0.4, 0.5) is 0 Å². The first kappa shape index (κ1) is 27.9. The van der Waals surface area contributed by atoms with Crippen molar-refractivity contribution < 1.29 is 14.6 Å². The third kappa shape index (κ3) is 25.9. The van der Waals surface area contributed by atoms with Crippen LogP contribution in [-0.4, -0.2) is 37.6 Å². The minimum absolute atomic E-state index is 0.190. The predicted molar refractivity (Wildman–Crippen MR) is 122 cm³/mol. The lowest BCUT2D eigenvalue weighted by Crippen LogP contribution is -1.97. The SMILES string of the molecule is CCCCCCCCCCCOCCCCCCCCCCC.OCC1CO1. The van der Waals surface area contributed by atoms with Gasteiger partial charge < -0.3 is 14.6 Å². The van der Waals surface area contributed by atoms with Crippen molar-refractivity contribution in [2.24, 2.45) is 0 Å². The average Bonchev–Trinajstić information content (AvgIpc) is 3.55. The van der Waals surface area contributed by atoms with E-state index in [-0.39, 0.29) is 12.7 Å². The molecule has 0 aliphatic carbocycles. The fourth-order valence-electron chi connectivity index (χ4n) is 3.31. The van der Waals surface area contributed by atoms with E-state index in [1.54, 1.807) is 0 Å². The average molecular weight is 401 g/mol. The number of unbranched alkanes of at least 4 members (excludes halogenated alkanes) is 16. The molecule has 0 radical (unpaired) electrons. The molecule has 3 nitrogen and oxygen atoms in total. The van der Waals surface area contributed by atoms with E-state index < -0.39 is 0 Å². The van der Waals surface area contributed by atoms with Crippen LogP contribution in [0.25, 0.3) is 0 Å². The van der Waals surface area contributed by atoms with Crippen molar-refractivity contribution in [3.63, 3.8) is 0 Å². The molecule has 0 amide bonds. The van der Waals surface area contributed by atoms with Crippen molar-refractivity contribution in [2.45, 2.75) is 136 Å². The summed E-state index contributed by atoms with van der Waals surface area (Å²) in [6, 6.07) is 0. The molecule has 0 aromatic heterocycles. The minimum atomic E-state index is 0.190. The van der Waals surface area contributed by atoms with Crippen molar-refractivity contribution >= 4 is 0 Å².